The average Bonchev–Trinajstić information content (AvgIpc) is 2.63. The highest BCUT2D eigenvalue weighted by molar-refractivity contribution is 7.91. The molecule has 0 atom stereocenters. The number of sulfone groups is 1. The summed E-state index contributed by atoms with van der Waals surface area (Å²) in [5.41, 5.74) is 5.96. The number of nitrogens with zero attached hydrogens (tertiary/aromatic N) is 4. The lowest BCUT2D eigenvalue weighted by atomic mass is 10.3. The van der Waals surface area contributed by atoms with Crippen molar-refractivity contribution in [1.82, 2.24) is 14.9 Å². The zero-order valence-corrected chi connectivity index (χ0v) is 15.1. The minimum atomic E-state index is -3.71. The maximum Gasteiger partial charge on any atom is 0.227 e. The van der Waals surface area contributed by atoms with E-state index in [9.17, 15) is 8.42 Å². The van der Waals surface area contributed by atoms with Gasteiger partial charge in [0.05, 0.1) is 11.1 Å². The Balaban J connectivity index is 1.80. The van der Waals surface area contributed by atoms with Crippen molar-refractivity contribution in [2.75, 3.05) is 43.4 Å². The molecule has 1 aliphatic heterocycles. The average molecular weight is 361 g/mol. The summed E-state index contributed by atoms with van der Waals surface area (Å²) in [6.45, 7) is 6.77. The summed E-state index contributed by atoms with van der Waals surface area (Å²) in [4.78, 5) is 13.1. The van der Waals surface area contributed by atoms with Crippen molar-refractivity contribution in [3.8, 4) is 0 Å². The monoisotopic (exact) mass is 361 g/mol. The quantitative estimate of drug-likeness (QED) is 0.861. The zero-order chi connectivity index (χ0) is 17.9. The summed E-state index contributed by atoms with van der Waals surface area (Å²) in [6.07, 6.45) is 2.45. The van der Waals surface area contributed by atoms with Crippen LogP contribution in [0.3, 0.4) is 0 Å². The molecule has 2 heterocycles. The standard InChI is InChI=1S/C17H23N5O2S/c1-2-8-21-9-11-22(12-10-21)17-19-13-15(16(18)20-17)25(23,24)14-6-4-3-5-7-14/h3-7,13H,2,8-12H2,1H3,(H2,18,19,20). The van der Waals surface area contributed by atoms with Crippen LogP contribution in [0.25, 0.3) is 0 Å². The fraction of sp³-hybridized carbons (Fsp3) is 0.412. The third-order valence-corrected chi connectivity index (χ3v) is 6.09. The largest absolute Gasteiger partial charge is 0.382 e. The molecule has 25 heavy (non-hydrogen) atoms. The van der Waals surface area contributed by atoms with Crippen LogP contribution in [-0.4, -0.2) is 56.0 Å². The molecule has 8 heteroatoms. The normalized spacial score (nSPS) is 16.1. The topological polar surface area (TPSA) is 92.4 Å². The number of hydrogen-bond donors (Lipinski definition) is 1. The highest BCUT2D eigenvalue weighted by Gasteiger charge is 2.24. The maximum absolute atomic E-state index is 12.7. The van der Waals surface area contributed by atoms with Crippen LogP contribution in [0.15, 0.2) is 46.3 Å². The van der Waals surface area contributed by atoms with E-state index in [0.717, 1.165) is 39.1 Å². The molecule has 134 valence electrons. The number of aromatic nitrogens is 2. The Bertz CT molecular complexity index is 818. The van der Waals surface area contributed by atoms with Crippen LogP contribution in [0.4, 0.5) is 11.8 Å². The SMILES string of the molecule is CCCN1CCN(c2ncc(S(=O)(=O)c3ccccc3)c(N)n2)CC1. The first kappa shape index (κ1) is 17.6. The van der Waals surface area contributed by atoms with Crippen molar-refractivity contribution >= 4 is 21.6 Å². The molecule has 2 N–H and O–H groups in total. The highest BCUT2D eigenvalue weighted by Crippen LogP contribution is 2.25. The van der Waals surface area contributed by atoms with Crippen molar-refractivity contribution in [3.05, 3.63) is 36.5 Å². The van der Waals surface area contributed by atoms with Gasteiger partial charge >= 0.3 is 0 Å². The van der Waals surface area contributed by atoms with Gasteiger partial charge in [-0.15, -0.1) is 0 Å². The molecule has 1 aromatic heterocycles. The Hall–Kier alpha value is -2.19. The lowest BCUT2D eigenvalue weighted by Crippen LogP contribution is -2.47. The number of nitrogens with two attached hydrogens (primary N) is 1. The molecular weight excluding hydrogens is 338 g/mol. The number of hydrogen-bond acceptors (Lipinski definition) is 7. The van der Waals surface area contributed by atoms with Crippen LogP contribution >= 0.6 is 0 Å². The van der Waals surface area contributed by atoms with Gasteiger partial charge in [-0.1, -0.05) is 25.1 Å². The van der Waals surface area contributed by atoms with Gasteiger partial charge < -0.3 is 10.6 Å². The van der Waals surface area contributed by atoms with Crippen molar-refractivity contribution in [3.63, 3.8) is 0 Å². The third-order valence-electron chi connectivity index (χ3n) is 4.31. The second kappa shape index (κ2) is 7.37. The van der Waals surface area contributed by atoms with Gasteiger partial charge in [0.1, 0.15) is 10.7 Å². The van der Waals surface area contributed by atoms with E-state index in [-0.39, 0.29) is 15.6 Å². The Kier molecular flexibility index (Phi) is 5.19. The summed E-state index contributed by atoms with van der Waals surface area (Å²) in [5, 5.41) is 0. The first-order chi connectivity index (χ1) is 12.0. The van der Waals surface area contributed by atoms with E-state index in [1.54, 1.807) is 18.2 Å². The van der Waals surface area contributed by atoms with Gasteiger partial charge in [0, 0.05) is 26.2 Å². The maximum atomic E-state index is 12.7. The smallest absolute Gasteiger partial charge is 0.227 e. The molecule has 7 nitrogen and oxygen atoms in total. The fourth-order valence-corrected chi connectivity index (χ4v) is 4.23. The van der Waals surface area contributed by atoms with Crippen molar-refractivity contribution in [2.24, 2.45) is 0 Å². The second-order valence-corrected chi connectivity index (χ2v) is 7.98. The molecular formula is C17H23N5O2S. The van der Waals surface area contributed by atoms with E-state index < -0.39 is 9.84 Å². The van der Waals surface area contributed by atoms with Crippen LogP contribution in [0, 0.1) is 0 Å². The third kappa shape index (κ3) is 3.74. The van der Waals surface area contributed by atoms with E-state index in [2.05, 4.69) is 21.8 Å². The van der Waals surface area contributed by atoms with E-state index in [0.29, 0.717) is 5.95 Å². The minimum Gasteiger partial charge on any atom is -0.382 e. The van der Waals surface area contributed by atoms with Crippen LogP contribution in [0.5, 0.6) is 0 Å². The minimum absolute atomic E-state index is 0.00941. The van der Waals surface area contributed by atoms with Gasteiger partial charge in [-0.05, 0) is 25.1 Å². The summed E-state index contributed by atoms with van der Waals surface area (Å²) in [7, 11) is -3.71. The summed E-state index contributed by atoms with van der Waals surface area (Å²) in [6, 6.07) is 8.19. The van der Waals surface area contributed by atoms with Crippen LogP contribution in [0.1, 0.15) is 13.3 Å². The molecule has 1 aromatic carbocycles. The number of anilines is 2. The summed E-state index contributed by atoms with van der Waals surface area (Å²) >= 11 is 0. The molecule has 1 saturated heterocycles. The van der Waals surface area contributed by atoms with Gasteiger partial charge in [0.2, 0.25) is 15.8 Å². The fourth-order valence-electron chi connectivity index (χ4n) is 2.95. The number of piperazine rings is 1. The van der Waals surface area contributed by atoms with Crippen LogP contribution in [-0.2, 0) is 9.84 Å². The van der Waals surface area contributed by atoms with Crippen molar-refractivity contribution in [2.45, 2.75) is 23.1 Å². The van der Waals surface area contributed by atoms with Gasteiger partial charge in [0.25, 0.3) is 0 Å². The number of benzene rings is 1. The molecule has 0 saturated carbocycles. The lowest BCUT2D eigenvalue weighted by molar-refractivity contribution is 0.257. The van der Waals surface area contributed by atoms with Crippen molar-refractivity contribution < 1.29 is 8.42 Å². The van der Waals surface area contributed by atoms with Crippen molar-refractivity contribution in [1.29, 1.82) is 0 Å². The number of rotatable bonds is 5. The number of nitrogen functional groups attached to an aromatic ring is 1. The Morgan fingerprint density at radius 1 is 1.12 bits per heavy atom. The first-order valence-electron chi connectivity index (χ1n) is 8.42. The first-order valence-corrected chi connectivity index (χ1v) is 9.90. The molecule has 1 fully saturated rings. The molecule has 0 bridgehead atoms. The van der Waals surface area contributed by atoms with Gasteiger partial charge in [0.15, 0.2) is 0 Å². The lowest BCUT2D eigenvalue weighted by Gasteiger charge is -2.34. The molecule has 2 aromatic rings. The van der Waals surface area contributed by atoms with Gasteiger partial charge in [-0.3, -0.25) is 4.90 Å². The summed E-state index contributed by atoms with van der Waals surface area (Å²) in [5.74, 6) is 0.477. The van der Waals surface area contributed by atoms with Crippen LogP contribution < -0.4 is 10.6 Å². The Morgan fingerprint density at radius 2 is 1.80 bits per heavy atom. The molecule has 0 spiro atoms. The van der Waals surface area contributed by atoms with E-state index in [4.69, 9.17) is 5.73 Å². The summed E-state index contributed by atoms with van der Waals surface area (Å²) < 4.78 is 25.4. The second-order valence-electron chi connectivity index (χ2n) is 6.06. The molecule has 1 aliphatic rings. The molecule has 0 radical (unpaired) electrons. The van der Waals surface area contributed by atoms with Crippen LogP contribution in [0.2, 0.25) is 0 Å². The highest BCUT2D eigenvalue weighted by atomic mass is 32.2. The Labute approximate surface area is 148 Å². The molecule has 3 rings (SSSR count). The van der Waals surface area contributed by atoms with E-state index in [1.165, 1.54) is 18.3 Å². The van der Waals surface area contributed by atoms with Gasteiger partial charge in [-0.25, -0.2) is 13.4 Å². The van der Waals surface area contributed by atoms with E-state index >= 15 is 0 Å². The predicted molar refractivity (Wildman–Crippen MR) is 97.3 cm³/mol. The molecule has 0 amide bonds. The molecule has 0 unspecified atom stereocenters. The zero-order valence-electron chi connectivity index (χ0n) is 14.3. The predicted octanol–water partition coefficient (Wildman–Crippen LogP) is 1.42. The van der Waals surface area contributed by atoms with E-state index in [1.807, 2.05) is 4.90 Å². The molecule has 0 aliphatic carbocycles. The van der Waals surface area contributed by atoms with Gasteiger partial charge in [-0.2, -0.15) is 4.98 Å². The Morgan fingerprint density at radius 3 is 2.40 bits per heavy atom.